The van der Waals surface area contributed by atoms with Gasteiger partial charge in [0.2, 0.25) is 0 Å². The van der Waals surface area contributed by atoms with Crippen LogP contribution < -0.4 is 0 Å². The molecule has 0 amide bonds. The fraction of sp³-hybridized carbons (Fsp3) is 0.0185. The number of thiophene rings is 1. The van der Waals surface area contributed by atoms with Crippen molar-refractivity contribution < 1.29 is 0 Å². The van der Waals surface area contributed by atoms with E-state index in [1.807, 2.05) is 17.5 Å². The second-order valence-corrected chi connectivity index (χ2v) is 16.8. The standard InChI is InChI=1S/C54H31N3S/c1-2-15-32(16-3-1)56-46-27-13-8-21-39(46)49-50-47(48-40-22-14-30-55-53(40)58-52(48)51(49)56)38-20-7-12-26-45(38)57(50)33-28-29-37-36-19-6-11-25-43(36)54(44(37)31-33)41-23-9-4-17-34(41)35-18-5-10-24-42(35)54/h1-31H. The van der Waals surface area contributed by atoms with Crippen molar-refractivity contribution >= 4 is 75.3 Å². The molecule has 4 heterocycles. The van der Waals surface area contributed by atoms with Crippen LogP contribution in [0.3, 0.4) is 0 Å². The molecule has 0 unspecified atom stereocenters. The first-order valence-electron chi connectivity index (χ1n) is 20.0. The van der Waals surface area contributed by atoms with Crippen LogP contribution in [0.5, 0.6) is 0 Å². The molecule has 58 heavy (non-hydrogen) atoms. The van der Waals surface area contributed by atoms with Crippen molar-refractivity contribution in [1.82, 2.24) is 14.1 Å². The summed E-state index contributed by atoms with van der Waals surface area (Å²) < 4.78 is 6.34. The predicted molar refractivity (Wildman–Crippen MR) is 242 cm³/mol. The number of nitrogens with zero attached hydrogens (tertiary/aromatic N) is 3. The highest BCUT2D eigenvalue weighted by Crippen LogP contribution is 2.63. The average molecular weight is 754 g/mol. The minimum Gasteiger partial charge on any atom is -0.309 e. The fourth-order valence-corrected chi connectivity index (χ4v) is 12.3. The van der Waals surface area contributed by atoms with Gasteiger partial charge < -0.3 is 9.13 Å². The predicted octanol–water partition coefficient (Wildman–Crippen LogP) is 14.0. The number of hydrogen-bond acceptors (Lipinski definition) is 2. The second-order valence-electron chi connectivity index (χ2n) is 15.8. The van der Waals surface area contributed by atoms with Gasteiger partial charge in [0.15, 0.2) is 0 Å². The molecule has 0 fully saturated rings. The Labute approximate surface area is 337 Å². The van der Waals surface area contributed by atoms with Crippen molar-refractivity contribution in [3.05, 3.63) is 210 Å². The number of benzene rings is 8. The van der Waals surface area contributed by atoms with Gasteiger partial charge in [-0.05, 0) is 93.0 Å². The Kier molecular flexibility index (Phi) is 5.85. The molecule has 12 aromatic rings. The highest BCUT2D eigenvalue weighted by atomic mass is 32.1. The topological polar surface area (TPSA) is 22.8 Å². The van der Waals surface area contributed by atoms with Gasteiger partial charge in [0, 0.05) is 49.9 Å². The van der Waals surface area contributed by atoms with E-state index in [-0.39, 0.29) is 0 Å². The van der Waals surface area contributed by atoms with E-state index in [0.717, 1.165) is 16.2 Å². The van der Waals surface area contributed by atoms with Crippen molar-refractivity contribution in [2.24, 2.45) is 0 Å². The van der Waals surface area contributed by atoms with Gasteiger partial charge in [0.25, 0.3) is 0 Å². The molecule has 0 saturated carbocycles. The van der Waals surface area contributed by atoms with E-state index in [4.69, 9.17) is 4.98 Å². The quantitative estimate of drug-likeness (QED) is 0.172. The Morgan fingerprint density at radius 1 is 0.397 bits per heavy atom. The van der Waals surface area contributed by atoms with Crippen LogP contribution in [-0.4, -0.2) is 14.1 Å². The lowest BCUT2D eigenvalue weighted by molar-refractivity contribution is 0.792. The van der Waals surface area contributed by atoms with Crippen LogP contribution in [0.2, 0.25) is 0 Å². The van der Waals surface area contributed by atoms with Crippen LogP contribution in [0.4, 0.5) is 0 Å². The highest BCUT2D eigenvalue weighted by Gasteiger charge is 2.51. The Bertz CT molecular complexity index is 3690. The van der Waals surface area contributed by atoms with E-state index < -0.39 is 5.41 Å². The number of para-hydroxylation sites is 3. The van der Waals surface area contributed by atoms with Gasteiger partial charge in [-0.25, -0.2) is 4.98 Å². The monoisotopic (exact) mass is 753 g/mol. The first-order valence-corrected chi connectivity index (χ1v) is 20.8. The largest absolute Gasteiger partial charge is 0.309 e. The molecular formula is C54H31N3S. The summed E-state index contributed by atoms with van der Waals surface area (Å²) in [5.41, 5.74) is 17.4. The zero-order valence-corrected chi connectivity index (χ0v) is 32.0. The SMILES string of the molecule is c1ccc(-n2c3ccccc3c3c2c2sc4ncccc4c2c2c4ccccc4n(-c4ccc5c(c4)C4(c6ccccc6-c6ccccc64)c4ccccc4-5)c23)cc1. The second kappa shape index (κ2) is 11.0. The number of aromatic nitrogens is 3. The van der Waals surface area contributed by atoms with Gasteiger partial charge >= 0.3 is 0 Å². The van der Waals surface area contributed by atoms with Gasteiger partial charge in [-0.15, -0.1) is 11.3 Å². The smallest absolute Gasteiger partial charge is 0.124 e. The molecule has 14 rings (SSSR count). The third-order valence-corrected chi connectivity index (χ3v) is 14.3. The highest BCUT2D eigenvalue weighted by molar-refractivity contribution is 7.26. The van der Waals surface area contributed by atoms with Crippen LogP contribution in [0.15, 0.2) is 188 Å². The summed E-state index contributed by atoms with van der Waals surface area (Å²) in [6.07, 6.45) is 1.93. The lowest BCUT2D eigenvalue weighted by Crippen LogP contribution is -2.26. The Morgan fingerprint density at radius 2 is 0.931 bits per heavy atom. The molecule has 0 saturated heterocycles. The van der Waals surface area contributed by atoms with Gasteiger partial charge in [-0.1, -0.05) is 133 Å². The molecule has 3 nitrogen and oxygen atoms in total. The maximum absolute atomic E-state index is 4.97. The van der Waals surface area contributed by atoms with Crippen molar-refractivity contribution in [2.75, 3.05) is 0 Å². The molecule has 1 spiro atoms. The minimum absolute atomic E-state index is 0.435. The molecule has 0 atom stereocenters. The summed E-state index contributed by atoms with van der Waals surface area (Å²) in [7, 11) is 0. The summed E-state index contributed by atoms with van der Waals surface area (Å²) in [5.74, 6) is 0. The van der Waals surface area contributed by atoms with Gasteiger partial charge in [-0.2, -0.15) is 0 Å². The lowest BCUT2D eigenvalue weighted by atomic mass is 9.70. The normalized spacial score (nSPS) is 13.7. The molecule has 8 aromatic carbocycles. The molecule has 0 N–H and O–H groups in total. The van der Waals surface area contributed by atoms with Crippen molar-refractivity contribution in [3.63, 3.8) is 0 Å². The molecule has 4 aromatic heterocycles. The van der Waals surface area contributed by atoms with Crippen LogP contribution in [0.1, 0.15) is 22.3 Å². The lowest BCUT2D eigenvalue weighted by Gasteiger charge is -2.30. The van der Waals surface area contributed by atoms with E-state index in [2.05, 4.69) is 191 Å². The van der Waals surface area contributed by atoms with Gasteiger partial charge in [-0.3, -0.25) is 0 Å². The van der Waals surface area contributed by atoms with E-state index in [9.17, 15) is 0 Å². The maximum atomic E-state index is 4.97. The van der Waals surface area contributed by atoms with Crippen molar-refractivity contribution in [2.45, 2.75) is 5.41 Å². The molecule has 2 aliphatic rings. The van der Waals surface area contributed by atoms with Crippen LogP contribution in [0.25, 0.3) is 97.5 Å². The van der Waals surface area contributed by atoms with E-state index >= 15 is 0 Å². The summed E-state index contributed by atoms with van der Waals surface area (Å²) in [6, 6.07) is 67.8. The van der Waals surface area contributed by atoms with Crippen molar-refractivity contribution in [3.8, 4) is 33.6 Å². The Hall–Kier alpha value is -7.27. The Balaban J connectivity index is 1.20. The van der Waals surface area contributed by atoms with Crippen LogP contribution in [0, 0.1) is 0 Å². The van der Waals surface area contributed by atoms with E-state index in [0.29, 0.717) is 0 Å². The molecule has 2 aliphatic carbocycles. The minimum atomic E-state index is -0.435. The molecule has 0 radical (unpaired) electrons. The van der Waals surface area contributed by atoms with Crippen LogP contribution >= 0.6 is 11.3 Å². The third kappa shape index (κ3) is 3.59. The van der Waals surface area contributed by atoms with Crippen molar-refractivity contribution in [1.29, 1.82) is 0 Å². The molecular weight excluding hydrogens is 723 g/mol. The summed E-state index contributed by atoms with van der Waals surface area (Å²) >= 11 is 1.81. The van der Waals surface area contributed by atoms with E-state index in [1.54, 1.807) is 0 Å². The molecule has 0 bridgehead atoms. The number of rotatable bonds is 2. The Morgan fingerprint density at radius 3 is 1.60 bits per heavy atom. The number of pyridine rings is 1. The van der Waals surface area contributed by atoms with Crippen LogP contribution in [-0.2, 0) is 5.41 Å². The molecule has 268 valence electrons. The van der Waals surface area contributed by atoms with Gasteiger partial charge in [0.1, 0.15) is 4.83 Å². The fourth-order valence-electron chi connectivity index (χ4n) is 11.1. The summed E-state index contributed by atoms with van der Waals surface area (Å²) in [5, 5.41) is 7.51. The zero-order chi connectivity index (χ0) is 37.7. The zero-order valence-electron chi connectivity index (χ0n) is 31.1. The summed E-state index contributed by atoms with van der Waals surface area (Å²) in [6.45, 7) is 0. The first kappa shape index (κ1) is 30.9. The van der Waals surface area contributed by atoms with Gasteiger partial charge in [0.05, 0.1) is 32.2 Å². The molecule has 4 heteroatoms. The average Bonchev–Trinajstić information content (AvgIpc) is 4.07. The number of fused-ring (bicyclic) bond motifs is 22. The van der Waals surface area contributed by atoms with E-state index in [1.165, 1.54) is 104 Å². The first-order chi connectivity index (χ1) is 28.8. The maximum Gasteiger partial charge on any atom is 0.124 e. The summed E-state index contributed by atoms with van der Waals surface area (Å²) in [4.78, 5) is 6.03. The molecule has 0 aliphatic heterocycles. The third-order valence-electron chi connectivity index (χ3n) is 13.2. The number of hydrogen-bond donors (Lipinski definition) is 0.